The molecule has 0 spiro atoms. The lowest BCUT2D eigenvalue weighted by Crippen LogP contribution is -2.33. The van der Waals surface area contributed by atoms with Crippen LogP contribution in [-0.4, -0.2) is 38.9 Å². The van der Waals surface area contributed by atoms with E-state index in [2.05, 4.69) is 20.8 Å². The van der Waals surface area contributed by atoms with Gasteiger partial charge in [-0.3, -0.25) is 14.2 Å². The van der Waals surface area contributed by atoms with Crippen molar-refractivity contribution in [3.63, 3.8) is 0 Å². The summed E-state index contributed by atoms with van der Waals surface area (Å²) < 4.78 is 15.2. The highest BCUT2D eigenvalue weighted by Gasteiger charge is 2.17. The van der Waals surface area contributed by atoms with Crippen LogP contribution in [0.4, 0.5) is 10.1 Å². The Morgan fingerprint density at radius 1 is 0.912 bits per heavy atom. The Morgan fingerprint density at radius 3 is 2.32 bits per heavy atom. The highest BCUT2D eigenvalue weighted by molar-refractivity contribution is 7.99. The van der Waals surface area contributed by atoms with Crippen LogP contribution >= 0.6 is 23.4 Å². The van der Waals surface area contributed by atoms with Crippen LogP contribution in [0.3, 0.4) is 0 Å². The minimum absolute atomic E-state index is 0.0304. The third-order valence-electron chi connectivity index (χ3n) is 4.66. The number of benzene rings is 3. The van der Waals surface area contributed by atoms with E-state index in [1.807, 2.05) is 30.3 Å². The van der Waals surface area contributed by atoms with Gasteiger partial charge in [0.05, 0.1) is 12.3 Å². The lowest BCUT2D eigenvalue weighted by molar-refractivity contribution is -0.122. The van der Waals surface area contributed by atoms with Gasteiger partial charge < -0.3 is 10.6 Å². The van der Waals surface area contributed by atoms with E-state index in [0.717, 1.165) is 5.69 Å². The molecule has 1 heterocycles. The summed E-state index contributed by atoms with van der Waals surface area (Å²) in [6.45, 7) is -0.172. The summed E-state index contributed by atoms with van der Waals surface area (Å²) in [6.07, 6.45) is 0. The van der Waals surface area contributed by atoms with Crippen LogP contribution in [0.25, 0.3) is 17.1 Å². The number of nitrogens with zero attached hydrogens (tertiary/aromatic N) is 3. The van der Waals surface area contributed by atoms with Crippen molar-refractivity contribution < 1.29 is 14.0 Å². The highest BCUT2D eigenvalue weighted by atomic mass is 35.5. The van der Waals surface area contributed by atoms with Crippen molar-refractivity contribution >= 4 is 40.9 Å². The fourth-order valence-electron chi connectivity index (χ4n) is 3.06. The number of halogens is 2. The Morgan fingerprint density at radius 2 is 1.62 bits per heavy atom. The lowest BCUT2D eigenvalue weighted by Gasteiger charge is -2.10. The predicted molar refractivity (Wildman–Crippen MR) is 131 cm³/mol. The van der Waals surface area contributed by atoms with E-state index < -0.39 is 0 Å². The first-order valence-corrected chi connectivity index (χ1v) is 11.6. The Labute approximate surface area is 204 Å². The van der Waals surface area contributed by atoms with Crippen molar-refractivity contribution in [1.29, 1.82) is 0 Å². The second-order valence-electron chi connectivity index (χ2n) is 7.10. The van der Waals surface area contributed by atoms with Gasteiger partial charge in [0.25, 0.3) is 0 Å². The molecule has 2 N–H and O–H groups in total. The summed E-state index contributed by atoms with van der Waals surface area (Å²) in [7, 11) is 0. The molecule has 4 rings (SSSR count). The van der Waals surface area contributed by atoms with Gasteiger partial charge in [0.15, 0.2) is 11.0 Å². The number of hydrogen-bond donors (Lipinski definition) is 2. The summed E-state index contributed by atoms with van der Waals surface area (Å²) in [5.74, 6) is -0.478. The van der Waals surface area contributed by atoms with Gasteiger partial charge in [-0.2, -0.15) is 0 Å². The summed E-state index contributed by atoms with van der Waals surface area (Å²) in [5, 5.41) is 14.8. The van der Waals surface area contributed by atoms with Crippen LogP contribution in [0.1, 0.15) is 0 Å². The predicted octanol–water partition coefficient (Wildman–Crippen LogP) is 4.57. The van der Waals surface area contributed by atoms with E-state index >= 15 is 0 Å². The molecule has 34 heavy (non-hydrogen) atoms. The number of amides is 2. The average Bonchev–Trinajstić information content (AvgIpc) is 3.28. The molecule has 0 unspecified atom stereocenters. The minimum Gasteiger partial charge on any atom is -0.346 e. The summed E-state index contributed by atoms with van der Waals surface area (Å²) >= 11 is 7.01. The van der Waals surface area contributed by atoms with Crippen LogP contribution < -0.4 is 10.6 Å². The Hall–Kier alpha value is -3.69. The number of anilines is 1. The van der Waals surface area contributed by atoms with Gasteiger partial charge in [0.1, 0.15) is 5.82 Å². The van der Waals surface area contributed by atoms with Gasteiger partial charge in [0, 0.05) is 22.0 Å². The summed E-state index contributed by atoms with van der Waals surface area (Å²) in [5.41, 5.74) is 2.08. The van der Waals surface area contributed by atoms with Crippen molar-refractivity contribution in [2.75, 3.05) is 17.6 Å². The van der Waals surface area contributed by atoms with Gasteiger partial charge >= 0.3 is 0 Å². The third-order valence-corrected chi connectivity index (χ3v) is 5.84. The molecule has 0 radical (unpaired) electrons. The zero-order valence-electron chi connectivity index (χ0n) is 17.7. The van der Waals surface area contributed by atoms with Gasteiger partial charge in [0.2, 0.25) is 11.8 Å². The van der Waals surface area contributed by atoms with Crippen molar-refractivity contribution in [2.45, 2.75) is 5.16 Å². The first-order valence-electron chi connectivity index (χ1n) is 10.2. The van der Waals surface area contributed by atoms with Crippen LogP contribution in [0, 0.1) is 5.82 Å². The molecule has 0 atom stereocenters. The third kappa shape index (κ3) is 6.00. The monoisotopic (exact) mass is 495 g/mol. The van der Waals surface area contributed by atoms with E-state index in [1.165, 1.54) is 23.9 Å². The van der Waals surface area contributed by atoms with E-state index in [9.17, 15) is 14.0 Å². The van der Waals surface area contributed by atoms with Crippen LogP contribution in [0.2, 0.25) is 5.02 Å². The molecule has 0 aliphatic rings. The van der Waals surface area contributed by atoms with Crippen molar-refractivity contribution in [3.8, 4) is 17.1 Å². The van der Waals surface area contributed by atoms with Crippen LogP contribution in [0.15, 0.2) is 84.0 Å². The summed E-state index contributed by atoms with van der Waals surface area (Å²) in [6, 6.07) is 22.1. The average molecular weight is 496 g/mol. The molecule has 0 bridgehead atoms. The van der Waals surface area contributed by atoms with E-state index in [1.54, 1.807) is 41.0 Å². The Bertz CT molecular complexity index is 1280. The topological polar surface area (TPSA) is 88.9 Å². The molecule has 10 heteroatoms. The maximum absolute atomic E-state index is 13.4. The highest BCUT2D eigenvalue weighted by Crippen LogP contribution is 2.28. The zero-order chi connectivity index (χ0) is 23.9. The number of aromatic nitrogens is 3. The molecule has 2 amide bonds. The number of thioether (sulfide) groups is 1. The quantitative estimate of drug-likeness (QED) is 0.349. The lowest BCUT2D eigenvalue weighted by atomic mass is 10.2. The first-order chi connectivity index (χ1) is 16.5. The fourth-order valence-corrected chi connectivity index (χ4v) is 3.97. The van der Waals surface area contributed by atoms with Gasteiger partial charge in [-0.1, -0.05) is 41.6 Å². The van der Waals surface area contributed by atoms with Gasteiger partial charge in [-0.15, -0.1) is 10.2 Å². The maximum atomic E-state index is 13.4. The van der Waals surface area contributed by atoms with E-state index in [-0.39, 0.29) is 29.9 Å². The maximum Gasteiger partial charge on any atom is 0.243 e. The summed E-state index contributed by atoms with van der Waals surface area (Å²) in [4.78, 5) is 24.4. The molecule has 3 aromatic carbocycles. The molecule has 4 aromatic rings. The molecule has 0 aliphatic heterocycles. The van der Waals surface area contributed by atoms with Crippen LogP contribution in [0.5, 0.6) is 0 Å². The SMILES string of the molecule is O=C(CSc1nnc(-c2ccc(F)cc2)n1-c1ccccc1)NCC(=O)Nc1ccc(Cl)cc1. The molecular formula is C24H19ClFN5O2S. The van der Waals surface area contributed by atoms with Crippen LogP contribution in [-0.2, 0) is 9.59 Å². The number of hydrogen-bond acceptors (Lipinski definition) is 5. The largest absolute Gasteiger partial charge is 0.346 e. The van der Waals surface area contributed by atoms with Crippen molar-refractivity contribution in [2.24, 2.45) is 0 Å². The number of para-hydroxylation sites is 1. The molecule has 172 valence electrons. The van der Waals surface area contributed by atoms with E-state index in [0.29, 0.717) is 27.3 Å². The van der Waals surface area contributed by atoms with Crippen molar-refractivity contribution in [1.82, 2.24) is 20.1 Å². The minimum atomic E-state index is -0.355. The van der Waals surface area contributed by atoms with Gasteiger partial charge in [-0.25, -0.2) is 4.39 Å². The normalized spacial score (nSPS) is 10.6. The molecule has 0 saturated carbocycles. The van der Waals surface area contributed by atoms with E-state index in [4.69, 9.17) is 11.6 Å². The smallest absolute Gasteiger partial charge is 0.243 e. The van der Waals surface area contributed by atoms with Gasteiger partial charge in [-0.05, 0) is 60.7 Å². The van der Waals surface area contributed by atoms with Crippen molar-refractivity contribution in [3.05, 3.63) is 89.7 Å². The number of carbonyl (C=O) groups is 2. The molecule has 7 nitrogen and oxygen atoms in total. The number of nitrogens with one attached hydrogen (secondary N) is 2. The molecule has 1 aromatic heterocycles. The number of carbonyl (C=O) groups excluding carboxylic acids is 2. The molecule has 0 fully saturated rings. The second kappa shape index (κ2) is 11.0. The number of rotatable bonds is 8. The Balaban J connectivity index is 1.41. The molecule has 0 saturated heterocycles. The fraction of sp³-hybridized carbons (Fsp3) is 0.0833. The molecular weight excluding hydrogens is 477 g/mol. The second-order valence-corrected chi connectivity index (χ2v) is 8.48. The Kier molecular flexibility index (Phi) is 7.56. The zero-order valence-corrected chi connectivity index (χ0v) is 19.3. The first kappa shape index (κ1) is 23.5. The molecule has 0 aliphatic carbocycles. The standard InChI is InChI=1S/C24H19ClFN5O2S/c25-17-8-12-19(13-9-17)28-21(32)14-27-22(33)15-34-24-30-29-23(16-6-10-18(26)11-7-16)31(24)20-4-2-1-3-5-20/h1-13H,14-15H2,(H,27,33)(H,28,32).